The van der Waals surface area contributed by atoms with Crippen molar-refractivity contribution in [3.05, 3.63) is 70.2 Å². The van der Waals surface area contributed by atoms with E-state index in [-0.39, 0.29) is 23.9 Å². The average molecular weight is 746 g/mol. The Balaban J connectivity index is 1.10. The summed E-state index contributed by atoms with van der Waals surface area (Å²) in [6.45, 7) is 3.36. The second-order valence-electron chi connectivity index (χ2n) is 13.6. The molecule has 7 rings (SSSR count). The van der Waals surface area contributed by atoms with Crippen LogP contribution in [0.3, 0.4) is 0 Å². The normalized spacial score (nSPS) is 18.5. The van der Waals surface area contributed by atoms with Crippen LogP contribution in [0.5, 0.6) is 11.8 Å². The minimum absolute atomic E-state index is 0.0823. The van der Waals surface area contributed by atoms with Crippen LogP contribution >= 0.6 is 23.2 Å². The first-order valence-corrected chi connectivity index (χ1v) is 18.4. The molecule has 3 N–H and O–H groups in total. The van der Waals surface area contributed by atoms with Crippen molar-refractivity contribution in [2.75, 3.05) is 33.9 Å². The molecule has 3 aliphatic rings. The van der Waals surface area contributed by atoms with Crippen molar-refractivity contribution in [3.63, 3.8) is 0 Å². The number of methoxy groups -OCH3 is 2. The molecule has 2 amide bonds. The molecule has 12 nitrogen and oxygen atoms in total. The van der Waals surface area contributed by atoms with Crippen LogP contribution in [0.25, 0.3) is 33.6 Å². The molecule has 3 fully saturated rings. The van der Waals surface area contributed by atoms with Gasteiger partial charge in [-0.1, -0.05) is 59.6 Å². The smallest absolute Gasteiger partial charge is 0.237 e. The fraction of sp³-hybridized carbons (Fsp3) is 0.421. The number of hydrogen-bond donors (Lipinski definition) is 3. The lowest BCUT2D eigenvalue weighted by Gasteiger charge is -2.25. The number of carbonyl (C=O) groups is 2. The van der Waals surface area contributed by atoms with Gasteiger partial charge >= 0.3 is 0 Å². The van der Waals surface area contributed by atoms with Gasteiger partial charge in [0.15, 0.2) is 0 Å². The molecule has 52 heavy (non-hydrogen) atoms. The van der Waals surface area contributed by atoms with E-state index >= 15 is 0 Å². The van der Waals surface area contributed by atoms with Crippen molar-refractivity contribution in [2.24, 2.45) is 5.92 Å². The summed E-state index contributed by atoms with van der Waals surface area (Å²) < 4.78 is 11.4. The molecular weight excluding hydrogens is 703 g/mol. The molecule has 0 spiro atoms. The van der Waals surface area contributed by atoms with Gasteiger partial charge in [-0.2, -0.15) is 0 Å². The number of ether oxygens (including phenoxy) is 2. The van der Waals surface area contributed by atoms with Crippen LogP contribution in [0.15, 0.2) is 48.8 Å². The number of rotatable bonds is 15. The fourth-order valence-electron chi connectivity index (χ4n) is 6.89. The summed E-state index contributed by atoms with van der Waals surface area (Å²) in [7, 11) is 3.16. The Morgan fingerprint density at radius 1 is 0.750 bits per heavy atom. The number of carbonyl (C=O) groups excluding carboxylic acids is 2. The zero-order chi connectivity index (χ0) is 36.2. The summed E-state index contributed by atoms with van der Waals surface area (Å²) in [5, 5.41) is 10.3. The van der Waals surface area contributed by atoms with E-state index < -0.39 is 0 Å². The number of hydrogen-bond acceptors (Lipinski definition) is 10. The van der Waals surface area contributed by atoms with Gasteiger partial charge in [-0.05, 0) is 31.6 Å². The van der Waals surface area contributed by atoms with Crippen LogP contribution in [0.2, 0.25) is 10.0 Å². The van der Waals surface area contributed by atoms with Gasteiger partial charge in [0.05, 0.1) is 48.0 Å². The number of halogens is 2. The lowest BCUT2D eigenvalue weighted by atomic mass is 9.98. The fourth-order valence-corrected chi connectivity index (χ4v) is 7.54. The standard InChI is InChI=1S/C38H42Cl2N8O4/c1-51-37-31(16-41-15-23-11-13-33(49)44-23)42-17-29(46-37)27-7-3-5-25(35(27)39)26-6-4-8-28(36(26)40)30-18-43-32(38(47-30)52-2)21-48(19-22-9-10-22)20-24-12-14-34(50)45-24/h3-8,17-18,22-24,41H,9-16,19-21H2,1-2H3,(H,44,49)(H,45,50). The third-order valence-corrected chi connectivity index (χ3v) is 10.6. The Labute approximate surface area is 313 Å². The second kappa shape index (κ2) is 16.1. The van der Waals surface area contributed by atoms with Crippen molar-refractivity contribution in [1.82, 2.24) is 40.8 Å². The quantitative estimate of drug-likeness (QED) is 0.144. The largest absolute Gasteiger partial charge is 0.480 e. The first kappa shape index (κ1) is 36.0. The Bertz CT molecular complexity index is 1960. The third-order valence-electron chi connectivity index (χ3n) is 9.77. The third kappa shape index (κ3) is 8.31. The van der Waals surface area contributed by atoms with E-state index in [9.17, 15) is 9.59 Å². The molecular formula is C38H42Cl2N8O4. The van der Waals surface area contributed by atoms with Gasteiger partial charge in [0.25, 0.3) is 0 Å². The zero-order valence-corrected chi connectivity index (χ0v) is 30.8. The molecule has 2 unspecified atom stereocenters. The molecule has 4 aromatic rings. The Morgan fingerprint density at radius 2 is 1.29 bits per heavy atom. The summed E-state index contributed by atoms with van der Waals surface area (Å²) in [6, 6.07) is 11.7. The molecule has 2 aromatic heterocycles. The number of nitrogens with zero attached hydrogens (tertiary/aromatic N) is 5. The van der Waals surface area contributed by atoms with Gasteiger partial charge < -0.3 is 25.4 Å². The predicted octanol–water partition coefficient (Wildman–Crippen LogP) is 5.45. The summed E-state index contributed by atoms with van der Waals surface area (Å²) in [5.74, 6) is 1.70. The first-order valence-electron chi connectivity index (χ1n) is 17.7. The van der Waals surface area contributed by atoms with Crippen LogP contribution < -0.4 is 25.4 Å². The molecule has 1 saturated carbocycles. The summed E-state index contributed by atoms with van der Waals surface area (Å²) in [4.78, 5) is 44.8. The van der Waals surface area contributed by atoms with Crippen LogP contribution in [0.4, 0.5) is 0 Å². The summed E-state index contributed by atoms with van der Waals surface area (Å²) in [5.41, 5.74) is 5.34. The Hall–Kier alpha value is -4.36. The van der Waals surface area contributed by atoms with Crippen LogP contribution in [0, 0.1) is 5.92 Å². The molecule has 2 atom stereocenters. The number of benzene rings is 2. The maximum Gasteiger partial charge on any atom is 0.237 e. The van der Waals surface area contributed by atoms with Crippen molar-refractivity contribution >= 4 is 35.0 Å². The number of nitrogens with one attached hydrogen (secondary N) is 3. The van der Waals surface area contributed by atoms with E-state index in [1.165, 1.54) is 12.8 Å². The van der Waals surface area contributed by atoms with E-state index in [0.717, 1.165) is 42.8 Å². The Morgan fingerprint density at radius 3 is 1.83 bits per heavy atom. The van der Waals surface area contributed by atoms with Gasteiger partial charge in [0, 0.05) is 79.9 Å². The molecule has 0 radical (unpaired) electrons. The topological polar surface area (TPSA) is 143 Å². The lowest BCUT2D eigenvalue weighted by Crippen LogP contribution is -2.39. The van der Waals surface area contributed by atoms with Crippen LogP contribution in [0.1, 0.15) is 49.9 Å². The Kier molecular flexibility index (Phi) is 11.2. The first-order chi connectivity index (χ1) is 25.3. The van der Waals surface area contributed by atoms with Gasteiger partial charge in [0.1, 0.15) is 11.4 Å². The highest BCUT2D eigenvalue weighted by molar-refractivity contribution is 6.39. The summed E-state index contributed by atoms with van der Waals surface area (Å²) >= 11 is 14.2. The molecule has 2 aromatic carbocycles. The van der Waals surface area contributed by atoms with Gasteiger partial charge in [-0.3, -0.25) is 24.5 Å². The van der Waals surface area contributed by atoms with E-state index in [1.54, 1.807) is 26.6 Å². The highest BCUT2D eigenvalue weighted by atomic mass is 35.5. The van der Waals surface area contributed by atoms with Gasteiger partial charge in [0.2, 0.25) is 23.6 Å². The molecule has 4 heterocycles. The predicted molar refractivity (Wildman–Crippen MR) is 199 cm³/mol. The second-order valence-corrected chi connectivity index (χ2v) is 14.4. The highest BCUT2D eigenvalue weighted by Crippen LogP contribution is 2.42. The molecule has 14 heteroatoms. The zero-order valence-electron chi connectivity index (χ0n) is 29.3. The van der Waals surface area contributed by atoms with Crippen LogP contribution in [-0.4, -0.2) is 82.6 Å². The maximum atomic E-state index is 11.8. The van der Waals surface area contributed by atoms with Crippen molar-refractivity contribution in [2.45, 2.75) is 63.7 Å². The molecule has 0 bridgehead atoms. The van der Waals surface area contributed by atoms with Gasteiger partial charge in [-0.25, -0.2) is 9.97 Å². The highest BCUT2D eigenvalue weighted by Gasteiger charge is 2.29. The van der Waals surface area contributed by atoms with E-state index in [1.807, 2.05) is 36.4 Å². The minimum atomic E-state index is 0.0823. The lowest BCUT2D eigenvalue weighted by molar-refractivity contribution is -0.120. The summed E-state index contributed by atoms with van der Waals surface area (Å²) in [6.07, 6.45) is 8.66. The van der Waals surface area contributed by atoms with Gasteiger partial charge in [-0.15, -0.1) is 0 Å². The van der Waals surface area contributed by atoms with E-state index in [2.05, 4.69) is 25.8 Å². The molecule has 2 saturated heterocycles. The number of amides is 2. The van der Waals surface area contributed by atoms with E-state index in [0.29, 0.717) is 88.4 Å². The number of aromatic nitrogens is 4. The molecule has 1 aliphatic carbocycles. The van der Waals surface area contributed by atoms with Crippen molar-refractivity contribution < 1.29 is 19.1 Å². The maximum absolute atomic E-state index is 11.8. The monoisotopic (exact) mass is 744 g/mol. The van der Waals surface area contributed by atoms with E-state index in [4.69, 9.17) is 47.6 Å². The average Bonchev–Trinajstić information content (AvgIpc) is 3.72. The van der Waals surface area contributed by atoms with Crippen LogP contribution in [-0.2, 0) is 22.7 Å². The molecule has 2 aliphatic heterocycles. The SMILES string of the molecule is COc1nc(-c2cccc(-c3cccc(-c4cnc(CN(CC5CC5)CC5CCC(=O)N5)c(OC)n4)c3Cl)c2Cl)cnc1CNCC1CCC(=O)N1. The molecule has 272 valence electrons. The van der Waals surface area contributed by atoms with Crippen molar-refractivity contribution in [1.29, 1.82) is 0 Å². The van der Waals surface area contributed by atoms with Crippen molar-refractivity contribution in [3.8, 4) is 45.4 Å². The minimum Gasteiger partial charge on any atom is -0.480 e.